The van der Waals surface area contributed by atoms with Crippen molar-refractivity contribution < 1.29 is 0 Å². The summed E-state index contributed by atoms with van der Waals surface area (Å²) in [5, 5.41) is 4.26. The lowest BCUT2D eigenvalue weighted by Gasteiger charge is -2.10. The first-order valence-electron chi connectivity index (χ1n) is 5.75. The molecule has 18 heavy (non-hydrogen) atoms. The van der Waals surface area contributed by atoms with E-state index in [0.717, 1.165) is 16.9 Å². The Kier molecular flexibility index (Phi) is 2.56. The molecule has 0 amide bonds. The van der Waals surface area contributed by atoms with Gasteiger partial charge in [0.2, 0.25) is 0 Å². The molecular formula is C12H14N6. The molecule has 0 aliphatic rings. The second-order valence-corrected chi connectivity index (χ2v) is 4.27. The lowest BCUT2D eigenvalue weighted by atomic mass is 10.1. The lowest BCUT2D eigenvalue weighted by Crippen LogP contribution is -2.15. The zero-order valence-corrected chi connectivity index (χ0v) is 10.1. The summed E-state index contributed by atoms with van der Waals surface area (Å²) in [5.74, 6) is 0.964. The van der Waals surface area contributed by atoms with Crippen LogP contribution in [-0.4, -0.2) is 24.1 Å². The molecule has 6 nitrogen and oxygen atoms in total. The first kappa shape index (κ1) is 10.9. The van der Waals surface area contributed by atoms with Crippen molar-refractivity contribution >= 4 is 5.52 Å². The topological polar surface area (TPSA) is 74.0 Å². The van der Waals surface area contributed by atoms with Crippen molar-refractivity contribution in [1.29, 1.82) is 0 Å². The molecule has 0 aliphatic carbocycles. The quantitative estimate of drug-likeness (QED) is 0.734. The minimum absolute atomic E-state index is 0.132. The Morgan fingerprint density at radius 3 is 2.94 bits per heavy atom. The molecule has 0 fully saturated rings. The molecular weight excluding hydrogens is 228 g/mol. The molecule has 0 radical (unpaired) electrons. The zero-order valence-electron chi connectivity index (χ0n) is 10.1. The van der Waals surface area contributed by atoms with Crippen LogP contribution in [0.2, 0.25) is 0 Å². The van der Waals surface area contributed by atoms with Gasteiger partial charge in [0.15, 0.2) is 0 Å². The van der Waals surface area contributed by atoms with Crippen LogP contribution in [0, 0.1) is 0 Å². The van der Waals surface area contributed by atoms with Crippen molar-refractivity contribution in [1.82, 2.24) is 24.1 Å². The fraction of sp³-hybridized carbons (Fsp3) is 0.250. The highest BCUT2D eigenvalue weighted by Gasteiger charge is 2.14. The Bertz CT molecular complexity index is 668. The fourth-order valence-corrected chi connectivity index (χ4v) is 2.04. The second-order valence-electron chi connectivity index (χ2n) is 4.27. The highest BCUT2D eigenvalue weighted by atomic mass is 15.2. The zero-order chi connectivity index (χ0) is 12.5. The SMILES string of the molecule is Cn1ccnc1CC(N)c1cnn2ccncc12. The monoisotopic (exact) mass is 242 g/mol. The van der Waals surface area contributed by atoms with Gasteiger partial charge < -0.3 is 10.3 Å². The maximum absolute atomic E-state index is 6.23. The van der Waals surface area contributed by atoms with E-state index >= 15 is 0 Å². The number of hydrogen-bond acceptors (Lipinski definition) is 4. The van der Waals surface area contributed by atoms with Crippen molar-refractivity contribution in [3.8, 4) is 0 Å². The van der Waals surface area contributed by atoms with Crippen LogP contribution < -0.4 is 5.73 Å². The van der Waals surface area contributed by atoms with Gasteiger partial charge in [-0.1, -0.05) is 0 Å². The Balaban J connectivity index is 1.93. The van der Waals surface area contributed by atoms with Crippen molar-refractivity contribution in [3.05, 3.63) is 48.6 Å². The number of aromatic nitrogens is 5. The van der Waals surface area contributed by atoms with Gasteiger partial charge in [-0.25, -0.2) is 9.50 Å². The van der Waals surface area contributed by atoms with Gasteiger partial charge in [-0.15, -0.1) is 0 Å². The largest absolute Gasteiger partial charge is 0.338 e. The van der Waals surface area contributed by atoms with E-state index in [1.54, 1.807) is 29.3 Å². The van der Waals surface area contributed by atoms with E-state index in [-0.39, 0.29) is 6.04 Å². The van der Waals surface area contributed by atoms with Gasteiger partial charge in [-0.3, -0.25) is 4.98 Å². The molecule has 92 valence electrons. The van der Waals surface area contributed by atoms with Gasteiger partial charge in [0, 0.05) is 49.9 Å². The predicted molar refractivity (Wildman–Crippen MR) is 66.8 cm³/mol. The second kappa shape index (κ2) is 4.23. The van der Waals surface area contributed by atoms with Crippen LogP contribution in [0.1, 0.15) is 17.4 Å². The fourth-order valence-electron chi connectivity index (χ4n) is 2.04. The standard InChI is InChI=1S/C12H14N6/c1-17-4-3-15-12(17)6-10(13)9-7-16-18-5-2-14-8-11(9)18/h2-5,7-8,10H,6,13H2,1H3. The molecule has 3 heterocycles. The van der Waals surface area contributed by atoms with E-state index in [4.69, 9.17) is 5.73 Å². The third-order valence-electron chi connectivity index (χ3n) is 3.08. The van der Waals surface area contributed by atoms with Gasteiger partial charge in [-0.2, -0.15) is 5.10 Å². The Labute approximate surface area is 104 Å². The third kappa shape index (κ3) is 1.76. The number of nitrogens with two attached hydrogens (primary N) is 1. The van der Waals surface area contributed by atoms with Gasteiger partial charge in [0.25, 0.3) is 0 Å². The molecule has 0 spiro atoms. The first-order chi connectivity index (χ1) is 8.75. The maximum atomic E-state index is 6.23. The first-order valence-corrected chi connectivity index (χ1v) is 5.75. The number of rotatable bonds is 3. The molecule has 1 atom stereocenters. The molecule has 3 aromatic heterocycles. The van der Waals surface area contributed by atoms with E-state index in [1.807, 2.05) is 24.0 Å². The van der Waals surface area contributed by atoms with E-state index in [1.165, 1.54) is 0 Å². The summed E-state index contributed by atoms with van der Waals surface area (Å²) < 4.78 is 3.75. The molecule has 3 rings (SSSR count). The van der Waals surface area contributed by atoms with Crippen molar-refractivity contribution in [3.63, 3.8) is 0 Å². The normalized spacial score (nSPS) is 13.0. The van der Waals surface area contributed by atoms with Crippen LogP contribution in [0.15, 0.2) is 37.2 Å². The highest BCUT2D eigenvalue weighted by molar-refractivity contribution is 5.53. The number of imidazole rings is 1. The summed E-state index contributed by atoms with van der Waals surface area (Å²) >= 11 is 0. The highest BCUT2D eigenvalue weighted by Crippen LogP contribution is 2.19. The van der Waals surface area contributed by atoms with Gasteiger partial charge in [-0.05, 0) is 0 Å². The summed E-state index contributed by atoms with van der Waals surface area (Å²) in [6, 6.07) is -0.132. The van der Waals surface area contributed by atoms with E-state index in [2.05, 4.69) is 15.1 Å². The van der Waals surface area contributed by atoms with Gasteiger partial charge in [0.1, 0.15) is 5.82 Å². The van der Waals surface area contributed by atoms with Crippen LogP contribution in [-0.2, 0) is 13.5 Å². The molecule has 3 aromatic rings. The summed E-state index contributed by atoms with van der Waals surface area (Å²) in [5.41, 5.74) is 8.17. The molecule has 0 bridgehead atoms. The average Bonchev–Trinajstić information content (AvgIpc) is 2.96. The van der Waals surface area contributed by atoms with Crippen LogP contribution in [0.3, 0.4) is 0 Å². The molecule has 0 saturated heterocycles. The van der Waals surface area contributed by atoms with E-state index < -0.39 is 0 Å². The average molecular weight is 242 g/mol. The Morgan fingerprint density at radius 2 is 2.17 bits per heavy atom. The van der Waals surface area contributed by atoms with E-state index in [0.29, 0.717) is 6.42 Å². The third-order valence-corrected chi connectivity index (χ3v) is 3.08. The van der Waals surface area contributed by atoms with Crippen molar-refractivity contribution in [2.24, 2.45) is 12.8 Å². The van der Waals surface area contributed by atoms with Gasteiger partial charge >= 0.3 is 0 Å². The summed E-state index contributed by atoms with van der Waals surface area (Å²) in [7, 11) is 1.96. The van der Waals surface area contributed by atoms with Gasteiger partial charge in [0.05, 0.1) is 17.9 Å². The minimum Gasteiger partial charge on any atom is -0.338 e. The molecule has 0 saturated carbocycles. The van der Waals surface area contributed by atoms with Crippen LogP contribution >= 0.6 is 0 Å². The summed E-state index contributed by atoms with van der Waals surface area (Å²) in [6.45, 7) is 0. The smallest absolute Gasteiger partial charge is 0.110 e. The molecule has 2 N–H and O–H groups in total. The number of aryl methyl sites for hydroxylation is 1. The van der Waals surface area contributed by atoms with Crippen LogP contribution in [0.4, 0.5) is 0 Å². The lowest BCUT2D eigenvalue weighted by molar-refractivity contribution is 0.663. The van der Waals surface area contributed by atoms with Crippen LogP contribution in [0.5, 0.6) is 0 Å². The molecule has 1 unspecified atom stereocenters. The Morgan fingerprint density at radius 1 is 1.28 bits per heavy atom. The molecule has 0 aliphatic heterocycles. The summed E-state index contributed by atoms with van der Waals surface area (Å²) in [4.78, 5) is 8.39. The number of nitrogens with zero attached hydrogens (tertiary/aromatic N) is 5. The maximum Gasteiger partial charge on any atom is 0.110 e. The molecule has 6 heteroatoms. The van der Waals surface area contributed by atoms with Crippen molar-refractivity contribution in [2.75, 3.05) is 0 Å². The van der Waals surface area contributed by atoms with Crippen molar-refractivity contribution in [2.45, 2.75) is 12.5 Å². The van der Waals surface area contributed by atoms with E-state index in [9.17, 15) is 0 Å². The minimum atomic E-state index is -0.132. The Hall–Kier alpha value is -2.21. The number of hydrogen-bond donors (Lipinski definition) is 1. The molecule has 0 aromatic carbocycles. The predicted octanol–water partition coefficient (Wildman–Crippen LogP) is 0.705. The number of fused-ring (bicyclic) bond motifs is 1. The van der Waals surface area contributed by atoms with Crippen LogP contribution in [0.25, 0.3) is 5.52 Å². The summed E-state index contributed by atoms with van der Waals surface area (Å²) in [6.07, 6.45) is 11.5.